The number of rotatable bonds is 12. The van der Waals surface area contributed by atoms with Crippen LogP contribution in [0.4, 0.5) is 10.5 Å². The van der Waals surface area contributed by atoms with Crippen LogP contribution < -0.4 is 30.4 Å². The van der Waals surface area contributed by atoms with Crippen molar-refractivity contribution in [3.63, 3.8) is 0 Å². The van der Waals surface area contributed by atoms with Crippen molar-refractivity contribution in [3.05, 3.63) is 74.6 Å². The highest BCUT2D eigenvalue weighted by Gasteiger charge is 2.36. The van der Waals surface area contributed by atoms with E-state index in [1.165, 1.54) is 16.7 Å². The molecule has 0 radical (unpaired) electrons. The van der Waals surface area contributed by atoms with Gasteiger partial charge in [-0.05, 0) is 42.3 Å². The average molecular weight is 751 g/mol. The van der Waals surface area contributed by atoms with Gasteiger partial charge in [-0.25, -0.2) is 19.4 Å². The average Bonchev–Trinajstić information content (AvgIpc) is 3.76. The number of carboxylic acids is 1. The summed E-state index contributed by atoms with van der Waals surface area (Å²) in [6.45, 7) is 0.706. The molecule has 0 fully saturated rings. The number of hydrogen-bond acceptors (Lipinski definition) is 16. The van der Waals surface area contributed by atoms with Crippen LogP contribution in [0.5, 0.6) is 17.2 Å². The van der Waals surface area contributed by atoms with Crippen LogP contribution in [0.15, 0.2) is 41.2 Å². The van der Waals surface area contributed by atoms with Gasteiger partial charge in [0.2, 0.25) is 13.1 Å². The van der Waals surface area contributed by atoms with E-state index >= 15 is 0 Å². The maximum absolute atomic E-state index is 13.6. The number of carbonyl (C=O) groups excluding carboxylic acids is 2. The second-order valence-electron chi connectivity index (χ2n) is 12.6. The van der Waals surface area contributed by atoms with Crippen LogP contribution in [0.3, 0.4) is 0 Å². The van der Waals surface area contributed by atoms with Gasteiger partial charge in [-0.1, -0.05) is 6.07 Å². The molecule has 19 heteroatoms. The van der Waals surface area contributed by atoms with Gasteiger partial charge in [0.1, 0.15) is 19.0 Å². The minimum absolute atomic E-state index is 0.0118. The Kier molecular flexibility index (Phi) is 9.73. The van der Waals surface area contributed by atoms with Gasteiger partial charge in [0.05, 0.1) is 40.8 Å². The molecule has 284 valence electrons. The Morgan fingerprint density at radius 1 is 1.06 bits per heavy atom. The monoisotopic (exact) mass is 750 g/mol. The minimum Gasteiger partial charge on any atom is -0.479 e. The van der Waals surface area contributed by atoms with Gasteiger partial charge < -0.3 is 69.2 Å². The molecule has 3 aliphatic heterocycles. The minimum atomic E-state index is -2.27. The lowest BCUT2D eigenvalue weighted by molar-refractivity contribution is -0.247. The van der Waals surface area contributed by atoms with Gasteiger partial charge in [-0.2, -0.15) is 0 Å². The van der Waals surface area contributed by atoms with E-state index in [-0.39, 0.29) is 50.0 Å². The first-order valence-corrected chi connectivity index (χ1v) is 16.5. The summed E-state index contributed by atoms with van der Waals surface area (Å²) in [6, 6.07) is 9.45. The van der Waals surface area contributed by atoms with Crippen molar-refractivity contribution < 1.29 is 68.3 Å². The third-order valence-electron chi connectivity index (χ3n) is 9.11. The molecule has 0 saturated carbocycles. The molecule has 7 rings (SSSR count). The van der Waals surface area contributed by atoms with E-state index in [4.69, 9.17) is 33.4 Å². The number of hydrogen-bond donors (Lipinski definition) is 7. The molecule has 0 saturated heterocycles. The first kappa shape index (κ1) is 36.4. The van der Waals surface area contributed by atoms with Crippen molar-refractivity contribution in [2.45, 2.75) is 64.1 Å². The van der Waals surface area contributed by atoms with Crippen molar-refractivity contribution in [1.29, 1.82) is 0 Å². The molecule has 5 heterocycles. The number of aliphatic hydroxyl groups excluding tert-OH is 3. The van der Waals surface area contributed by atoms with Crippen molar-refractivity contribution in [2.24, 2.45) is 0 Å². The van der Waals surface area contributed by atoms with E-state index in [0.29, 0.717) is 56.2 Å². The van der Waals surface area contributed by atoms with Gasteiger partial charge in [0.15, 0.2) is 23.7 Å². The highest BCUT2D eigenvalue weighted by Crippen LogP contribution is 2.42. The molecule has 2 unspecified atom stereocenters. The van der Waals surface area contributed by atoms with Gasteiger partial charge >= 0.3 is 18.0 Å². The highest BCUT2D eigenvalue weighted by molar-refractivity contribution is 5.91. The second kappa shape index (κ2) is 14.4. The molecule has 0 aliphatic carbocycles. The van der Waals surface area contributed by atoms with Crippen LogP contribution in [0.2, 0.25) is 0 Å². The van der Waals surface area contributed by atoms with Crippen LogP contribution >= 0.6 is 0 Å². The topological polar surface area (TPSA) is 267 Å². The Labute approximate surface area is 304 Å². The molecule has 2 aromatic heterocycles. The Morgan fingerprint density at radius 2 is 1.81 bits per heavy atom. The number of esters is 1. The third-order valence-corrected chi connectivity index (χ3v) is 9.11. The summed E-state index contributed by atoms with van der Waals surface area (Å²) >= 11 is 0. The van der Waals surface area contributed by atoms with E-state index < -0.39 is 54.5 Å². The number of cyclic esters (lactones) is 1. The molecule has 54 heavy (non-hydrogen) atoms. The van der Waals surface area contributed by atoms with Crippen molar-refractivity contribution in [1.82, 2.24) is 14.9 Å². The van der Waals surface area contributed by atoms with Gasteiger partial charge in [0, 0.05) is 36.2 Å². The fraction of sp³-hybridized carbons (Fsp3) is 0.343. The SMILES string of the molecule is CNc1cc(COC(=O)NCc2c3c(nc4cc5c(cc24)OCO5)-c2cc4c(c(=O)n2C3)COC(=O)[C@H]4O)ccc1OC(OC(C(=O)O)[C@H](C)O)C(O)O. The number of carboxylic acid groups (broad SMARTS) is 1. The molecule has 1 amide bonds. The van der Waals surface area contributed by atoms with Crippen LogP contribution in [-0.2, 0) is 50.1 Å². The number of nitrogens with zero attached hydrogens (tertiary/aromatic N) is 2. The van der Waals surface area contributed by atoms with E-state index in [1.54, 1.807) is 31.3 Å². The largest absolute Gasteiger partial charge is 0.479 e. The summed E-state index contributed by atoms with van der Waals surface area (Å²) in [4.78, 5) is 55.0. The van der Waals surface area contributed by atoms with E-state index in [0.717, 1.165) is 6.92 Å². The fourth-order valence-electron chi connectivity index (χ4n) is 6.43. The molecule has 7 N–H and O–H groups in total. The van der Waals surface area contributed by atoms with Crippen LogP contribution in [0, 0.1) is 0 Å². The molecular formula is C35H34N4O15. The number of alkyl carbamates (subject to hydrolysis) is 1. The van der Waals surface area contributed by atoms with E-state index in [9.17, 15) is 44.7 Å². The van der Waals surface area contributed by atoms with Crippen LogP contribution in [0.1, 0.15) is 40.8 Å². The zero-order valence-corrected chi connectivity index (χ0v) is 28.6. The number of fused-ring (bicyclic) bond motifs is 6. The Hall–Kier alpha value is -5.99. The third kappa shape index (κ3) is 6.69. The second-order valence-corrected chi connectivity index (χ2v) is 12.6. The summed E-state index contributed by atoms with van der Waals surface area (Å²) in [6.07, 6.45) is -9.87. The lowest BCUT2D eigenvalue weighted by atomic mass is 9.98. The zero-order chi connectivity index (χ0) is 38.4. The zero-order valence-electron chi connectivity index (χ0n) is 28.6. The summed E-state index contributed by atoms with van der Waals surface area (Å²) in [5, 5.41) is 55.2. The van der Waals surface area contributed by atoms with Crippen molar-refractivity contribution in [3.8, 4) is 28.6 Å². The van der Waals surface area contributed by atoms with E-state index in [2.05, 4.69) is 10.6 Å². The summed E-state index contributed by atoms with van der Waals surface area (Å²) in [5.41, 5.74) is 3.17. The lowest BCUT2D eigenvalue weighted by Crippen LogP contribution is -2.44. The Morgan fingerprint density at radius 3 is 2.52 bits per heavy atom. The Balaban J connectivity index is 1.10. The molecule has 0 bridgehead atoms. The number of nitrogens with one attached hydrogen (secondary N) is 2. The number of ether oxygens (including phenoxy) is 6. The van der Waals surface area contributed by atoms with Gasteiger partial charge in [0.25, 0.3) is 11.8 Å². The molecule has 0 spiro atoms. The number of carbonyl (C=O) groups is 3. The van der Waals surface area contributed by atoms with Crippen LogP contribution in [-0.4, -0.2) is 91.7 Å². The molecular weight excluding hydrogens is 716 g/mol. The quantitative estimate of drug-likeness (QED) is 0.0679. The number of benzene rings is 2. The number of amides is 1. The summed E-state index contributed by atoms with van der Waals surface area (Å²) < 4.78 is 33.7. The Bertz CT molecular complexity index is 2240. The summed E-state index contributed by atoms with van der Waals surface area (Å²) in [5.74, 6) is -1.43. The number of pyridine rings is 2. The highest BCUT2D eigenvalue weighted by atomic mass is 16.7. The first-order valence-electron chi connectivity index (χ1n) is 16.5. The van der Waals surface area contributed by atoms with Crippen molar-refractivity contribution in [2.75, 3.05) is 19.2 Å². The lowest BCUT2D eigenvalue weighted by Gasteiger charge is -2.26. The number of anilines is 1. The molecule has 2 aromatic carbocycles. The number of aromatic nitrogens is 2. The fourth-order valence-corrected chi connectivity index (χ4v) is 6.43. The molecule has 3 aliphatic rings. The molecule has 19 nitrogen and oxygen atoms in total. The van der Waals surface area contributed by atoms with Crippen molar-refractivity contribution >= 4 is 34.6 Å². The smallest absolute Gasteiger partial charge is 0.407 e. The maximum atomic E-state index is 13.6. The van der Waals surface area contributed by atoms with Gasteiger partial charge in [-0.15, -0.1) is 0 Å². The number of aliphatic carboxylic acids is 1. The summed E-state index contributed by atoms with van der Waals surface area (Å²) in [7, 11) is 1.54. The number of aliphatic hydroxyl groups is 4. The van der Waals surface area contributed by atoms with Crippen LogP contribution in [0.25, 0.3) is 22.3 Å². The molecule has 4 aromatic rings. The first-order chi connectivity index (χ1) is 25.8. The predicted molar refractivity (Wildman–Crippen MR) is 181 cm³/mol. The normalized spacial score (nSPS) is 16.9. The molecule has 4 atom stereocenters. The predicted octanol–water partition coefficient (Wildman–Crippen LogP) is 0.578. The maximum Gasteiger partial charge on any atom is 0.407 e. The van der Waals surface area contributed by atoms with Gasteiger partial charge in [-0.3, -0.25) is 4.79 Å². The standard InChI is InChI=1S/C35H34N4O15/c1-14(40)29(31(43)44)54-34(32(45)46)53-24-4-3-15(5-22(24)36-2)11-50-35(48)37-9-18-16-7-25-26(52-13-51-25)8-21(16)38-27-19(18)10-39-23(27)6-17-20(30(39)42)12-49-33(47)28(17)41/h3-8,14,28-29,32,34,36,40-41,45-46H,9-13H2,1-2H3,(H,37,48)(H,43,44)/t14-,28-,29?,34?/m0/s1. The van der Waals surface area contributed by atoms with E-state index in [1.807, 2.05) is 0 Å².